The molecule has 0 bridgehead atoms. The second-order valence-electron chi connectivity index (χ2n) is 5.93. The molecule has 0 radical (unpaired) electrons. The number of hydrogen-bond donors (Lipinski definition) is 2. The normalized spacial score (nSPS) is 11.4. The highest BCUT2D eigenvalue weighted by Gasteiger charge is 2.03. The molecule has 0 aliphatic carbocycles. The highest BCUT2D eigenvalue weighted by atomic mass is 16.5. The number of nitrogen functional groups attached to an aromatic ring is 1. The first kappa shape index (κ1) is 18.0. The average molecular weight is 305 g/mol. The number of carbonyl (C=O) groups is 1. The molecular weight excluding hydrogens is 278 g/mol. The van der Waals surface area contributed by atoms with Gasteiger partial charge in [-0.25, -0.2) is 0 Å². The van der Waals surface area contributed by atoms with Crippen molar-refractivity contribution in [2.24, 2.45) is 5.92 Å². The Hall–Kier alpha value is -2.01. The molecule has 1 aromatic rings. The number of nitrogens with one attached hydrogen (secondary N) is 1. The van der Waals surface area contributed by atoms with Crippen molar-refractivity contribution in [1.29, 1.82) is 0 Å². The maximum atomic E-state index is 11.7. The molecule has 0 atom stereocenters. The van der Waals surface area contributed by atoms with Crippen LogP contribution >= 0.6 is 0 Å². The molecule has 0 aromatic heterocycles. The summed E-state index contributed by atoms with van der Waals surface area (Å²) in [6, 6.07) is 5.52. The number of carbonyl (C=O) groups excluding carboxylic acids is 1. The zero-order valence-electron chi connectivity index (χ0n) is 13.9. The van der Waals surface area contributed by atoms with Gasteiger partial charge in [0.2, 0.25) is 5.91 Å². The number of hydrogen-bond acceptors (Lipinski definition) is 4. The molecule has 22 heavy (non-hydrogen) atoms. The zero-order chi connectivity index (χ0) is 16.5. The molecular formula is C17H27N3O2. The predicted octanol–water partition coefficient (Wildman–Crippen LogP) is 1.99. The molecule has 5 heteroatoms. The first-order valence-corrected chi connectivity index (χ1v) is 7.51. The number of anilines is 1. The fourth-order valence-corrected chi connectivity index (χ4v) is 1.69. The summed E-state index contributed by atoms with van der Waals surface area (Å²) in [5, 5.41) is 2.82. The molecule has 0 spiro atoms. The fraction of sp³-hybridized carbons (Fsp3) is 0.471. The van der Waals surface area contributed by atoms with Crippen molar-refractivity contribution in [1.82, 2.24) is 10.2 Å². The van der Waals surface area contributed by atoms with Gasteiger partial charge in [-0.2, -0.15) is 0 Å². The molecule has 5 nitrogen and oxygen atoms in total. The first-order chi connectivity index (χ1) is 10.4. The van der Waals surface area contributed by atoms with E-state index in [0.717, 1.165) is 12.1 Å². The molecule has 3 N–H and O–H groups in total. The van der Waals surface area contributed by atoms with Crippen LogP contribution in [-0.4, -0.2) is 44.6 Å². The third-order valence-electron chi connectivity index (χ3n) is 2.89. The van der Waals surface area contributed by atoms with Crippen LogP contribution in [0.5, 0.6) is 5.75 Å². The Bertz CT molecular complexity index is 511. The third-order valence-corrected chi connectivity index (χ3v) is 2.89. The van der Waals surface area contributed by atoms with Crippen LogP contribution in [-0.2, 0) is 4.79 Å². The maximum Gasteiger partial charge on any atom is 0.244 e. The lowest BCUT2D eigenvalue weighted by atomic mass is 10.1. The molecule has 0 saturated carbocycles. The van der Waals surface area contributed by atoms with Crippen LogP contribution in [0.15, 0.2) is 24.3 Å². The Balaban J connectivity index is 2.53. The van der Waals surface area contributed by atoms with Crippen LogP contribution in [0, 0.1) is 5.92 Å². The summed E-state index contributed by atoms with van der Waals surface area (Å²) < 4.78 is 5.62. The topological polar surface area (TPSA) is 67.6 Å². The van der Waals surface area contributed by atoms with E-state index in [0.29, 0.717) is 30.5 Å². The summed E-state index contributed by atoms with van der Waals surface area (Å²) in [6.45, 7) is 6.24. The van der Waals surface area contributed by atoms with Gasteiger partial charge in [0, 0.05) is 19.2 Å². The van der Waals surface area contributed by atoms with Crippen LogP contribution in [0.4, 0.5) is 5.69 Å². The van der Waals surface area contributed by atoms with Gasteiger partial charge in [-0.1, -0.05) is 19.9 Å². The van der Waals surface area contributed by atoms with Crippen molar-refractivity contribution in [3.05, 3.63) is 29.8 Å². The summed E-state index contributed by atoms with van der Waals surface area (Å²) in [7, 11) is 3.93. The number of nitrogens with two attached hydrogens (primary N) is 1. The van der Waals surface area contributed by atoms with Crippen molar-refractivity contribution in [2.45, 2.75) is 13.8 Å². The standard InChI is InChI=1S/C17H27N3O2/c1-13(2)12-22-16-7-5-14(11-15(16)18)6-8-17(21)19-9-10-20(3)4/h5-8,11,13H,9-10,12,18H2,1-4H3,(H,19,21)/b8-6-. The van der Waals surface area contributed by atoms with Crippen LogP contribution in [0.1, 0.15) is 19.4 Å². The quantitative estimate of drug-likeness (QED) is 0.569. The lowest BCUT2D eigenvalue weighted by Crippen LogP contribution is -2.30. The van der Waals surface area contributed by atoms with Gasteiger partial charge in [-0.3, -0.25) is 4.79 Å². The monoisotopic (exact) mass is 305 g/mol. The van der Waals surface area contributed by atoms with Gasteiger partial charge in [-0.15, -0.1) is 0 Å². The minimum atomic E-state index is -0.111. The molecule has 122 valence electrons. The Morgan fingerprint density at radius 3 is 2.73 bits per heavy atom. The number of benzene rings is 1. The molecule has 0 fully saturated rings. The minimum absolute atomic E-state index is 0.111. The minimum Gasteiger partial charge on any atom is -0.491 e. The van der Waals surface area contributed by atoms with Crippen LogP contribution in [0.3, 0.4) is 0 Å². The van der Waals surface area contributed by atoms with E-state index >= 15 is 0 Å². The second kappa shape index (κ2) is 9.10. The number of amides is 1. The molecule has 0 aliphatic heterocycles. The van der Waals surface area contributed by atoms with Gasteiger partial charge >= 0.3 is 0 Å². The summed E-state index contributed by atoms with van der Waals surface area (Å²) in [4.78, 5) is 13.7. The van der Waals surface area contributed by atoms with Crippen LogP contribution in [0.25, 0.3) is 6.08 Å². The Morgan fingerprint density at radius 2 is 2.14 bits per heavy atom. The van der Waals surface area contributed by atoms with Crippen molar-refractivity contribution in [2.75, 3.05) is 39.5 Å². The van der Waals surface area contributed by atoms with Crippen molar-refractivity contribution in [3.63, 3.8) is 0 Å². The lowest BCUT2D eigenvalue weighted by molar-refractivity contribution is -0.116. The van der Waals surface area contributed by atoms with Crippen molar-refractivity contribution in [3.8, 4) is 5.75 Å². The molecule has 0 saturated heterocycles. The van der Waals surface area contributed by atoms with Crippen molar-refractivity contribution < 1.29 is 9.53 Å². The van der Waals surface area contributed by atoms with Gasteiger partial charge in [0.15, 0.2) is 0 Å². The summed E-state index contributed by atoms with van der Waals surface area (Å²) in [6.07, 6.45) is 3.26. The SMILES string of the molecule is CC(C)COc1ccc(/C=C\C(=O)NCCN(C)C)cc1N. The van der Waals surface area contributed by atoms with E-state index in [9.17, 15) is 4.79 Å². The predicted molar refractivity (Wildman–Crippen MR) is 91.8 cm³/mol. The van der Waals surface area contributed by atoms with E-state index in [4.69, 9.17) is 10.5 Å². The molecule has 0 heterocycles. The summed E-state index contributed by atoms with van der Waals surface area (Å²) in [5.41, 5.74) is 7.41. The van der Waals surface area contributed by atoms with Gasteiger partial charge in [0.25, 0.3) is 0 Å². The number of ether oxygens (including phenoxy) is 1. The van der Waals surface area contributed by atoms with Crippen LogP contribution < -0.4 is 15.8 Å². The number of nitrogens with zero attached hydrogens (tertiary/aromatic N) is 1. The third kappa shape index (κ3) is 7.13. The molecule has 1 aromatic carbocycles. The fourth-order valence-electron chi connectivity index (χ4n) is 1.69. The Morgan fingerprint density at radius 1 is 1.41 bits per heavy atom. The van der Waals surface area contributed by atoms with E-state index < -0.39 is 0 Å². The Kier molecular flexibility index (Phi) is 7.46. The van der Waals surface area contributed by atoms with Gasteiger partial charge in [0.1, 0.15) is 5.75 Å². The van der Waals surface area contributed by atoms with E-state index in [1.165, 1.54) is 6.08 Å². The van der Waals surface area contributed by atoms with E-state index in [1.54, 1.807) is 12.1 Å². The van der Waals surface area contributed by atoms with Crippen LogP contribution in [0.2, 0.25) is 0 Å². The molecule has 1 amide bonds. The second-order valence-corrected chi connectivity index (χ2v) is 5.93. The van der Waals surface area contributed by atoms with E-state index in [1.807, 2.05) is 31.1 Å². The molecule has 0 aliphatic rings. The zero-order valence-corrected chi connectivity index (χ0v) is 13.9. The molecule has 0 unspecified atom stereocenters. The average Bonchev–Trinajstić information content (AvgIpc) is 2.43. The lowest BCUT2D eigenvalue weighted by Gasteiger charge is -2.11. The highest BCUT2D eigenvalue weighted by molar-refractivity contribution is 5.91. The van der Waals surface area contributed by atoms with Gasteiger partial charge in [-0.05, 0) is 43.8 Å². The van der Waals surface area contributed by atoms with Crippen molar-refractivity contribution >= 4 is 17.7 Å². The van der Waals surface area contributed by atoms with Gasteiger partial charge < -0.3 is 20.7 Å². The van der Waals surface area contributed by atoms with E-state index in [2.05, 4.69) is 19.2 Å². The van der Waals surface area contributed by atoms with Gasteiger partial charge in [0.05, 0.1) is 12.3 Å². The summed E-state index contributed by atoms with van der Waals surface area (Å²) in [5.74, 6) is 1.02. The number of likely N-dealkylation sites (N-methyl/N-ethyl adjacent to an activating group) is 1. The number of rotatable bonds is 8. The highest BCUT2D eigenvalue weighted by Crippen LogP contribution is 2.23. The maximum absolute atomic E-state index is 11.7. The largest absolute Gasteiger partial charge is 0.491 e. The Labute approximate surface area is 133 Å². The molecule has 1 rings (SSSR count). The first-order valence-electron chi connectivity index (χ1n) is 7.51. The smallest absolute Gasteiger partial charge is 0.244 e. The van der Waals surface area contributed by atoms with E-state index in [-0.39, 0.29) is 5.91 Å². The summed E-state index contributed by atoms with van der Waals surface area (Å²) >= 11 is 0.